The zero-order valence-electron chi connectivity index (χ0n) is 8.65. The standard InChI is InChI=1S/C10H18O3/c1-5(2)9-6(3)8(11)7(4)10(12)13-9/h5-9,11H,1-4H3/t6-,7+,8?,9?/m0/s1. The molecule has 2 unspecified atom stereocenters. The first-order valence-electron chi connectivity index (χ1n) is 4.83. The van der Waals surface area contributed by atoms with Crippen molar-refractivity contribution in [3.63, 3.8) is 0 Å². The van der Waals surface area contributed by atoms with Gasteiger partial charge in [0, 0.05) is 5.92 Å². The number of carbonyl (C=O) groups excluding carboxylic acids is 1. The number of aliphatic hydroxyl groups excluding tert-OH is 1. The highest BCUT2D eigenvalue weighted by Gasteiger charge is 2.41. The second kappa shape index (κ2) is 3.66. The molecule has 1 fully saturated rings. The van der Waals surface area contributed by atoms with Gasteiger partial charge in [0.05, 0.1) is 12.0 Å². The minimum absolute atomic E-state index is 0.0349. The summed E-state index contributed by atoms with van der Waals surface area (Å²) < 4.78 is 5.24. The van der Waals surface area contributed by atoms with Crippen LogP contribution in [0.2, 0.25) is 0 Å². The number of ether oxygens (including phenoxy) is 1. The molecule has 1 saturated heterocycles. The van der Waals surface area contributed by atoms with Gasteiger partial charge in [-0.2, -0.15) is 0 Å². The molecule has 0 aromatic carbocycles. The second-order valence-electron chi connectivity index (χ2n) is 4.28. The van der Waals surface area contributed by atoms with Crippen molar-refractivity contribution in [3.05, 3.63) is 0 Å². The van der Waals surface area contributed by atoms with Crippen molar-refractivity contribution < 1.29 is 14.6 Å². The molecule has 76 valence electrons. The van der Waals surface area contributed by atoms with Gasteiger partial charge in [0.1, 0.15) is 6.10 Å². The average Bonchev–Trinajstić information content (AvgIpc) is 2.07. The first-order chi connectivity index (χ1) is 5.95. The third-order valence-corrected chi connectivity index (χ3v) is 2.85. The molecule has 1 aliphatic rings. The summed E-state index contributed by atoms with van der Waals surface area (Å²) in [6, 6.07) is 0. The molecule has 0 aliphatic carbocycles. The molecule has 0 amide bonds. The Morgan fingerprint density at radius 1 is 1.38 bits per heavy atom. The third kappa shape index (κ3) is 1.85. The lowest BCUT2D eigenvalue weighted by Crippen LogP contribution is -2.48. The molecule has 3 heteroatoms. The molecule has 0 spiro atoms. The van der Waals surface area contributed by atoms with Crippen molar-refractivity contribution in [1.82, 2.24) is 0 Å². The normalized spacial score (nSPS) is 40.6. The maximum Gasteiger partial charge on any atom is 0.311 e. The van der Waals surface area contributed by atoms with Gasteiger partial charge in [-0.1, -0.05) is 20.8 Å². The summed E-state index contributed by atoms with van der Waals surface area (Å²) in [6.07, 6.45) is -0.702. The lowest BCUT2D eigenvalue weighted by atomic mass is 9.82. The zero-order chi connectivity index (χ0) is 10.2. The number of cyclic esters (lactones) is 1. The Bertz CT molecular complexity index is 200. The molecule has 0 aromatic rings. The maximum atomic E-state index is 11.3. The minimum Gasteiger partial charge on any atom is -0.461 e. The molecule has 1 N–H and O–H groups in total. The Morgan fingerprint density at radius 3 is 2.38 bits per heavy atom. The Morgan fingerprint density at radius 2 is 1.92 bits per heavy atom. The van der Waals surface area contributed by atoms with Crippen LogP contribution in [0.25, 0.3) is 0 Å². The maximum absolute atomic E-state index is 11.3. The van der Waals surface area contributed by atoms with E-state index in [1.807, 2.05) is 20.8 Å². The van der Waals surface area contributed by atoms with Crippen LogP contribution < -0.4 is 0 Å². The van der Waals surface area contributed by atoms with Gasteiger partial charge in [-0.15, -0.1) is 0 Å². The number of esters is 1. The van der Waals surface area contributed by atoms with E-state index in [-0.39, 0.29) is 29.8 Å². The summed E-state index contributed by atoms with van der Waals surface area (Å²) in [5.74, 6) is -0.358. The van der Waals surface area contributed by atoms with Gasteiger partial charge in [0.2, 0.25) is 0 Å². The van der Waals surface area contributed by atoms with Gasteiger partial charge >= 0.3 is 5.97 Å². The largest absolute Gasteiger partial charge is 0.461 e. The Balaban J connectivity index is 2.76. The fourth-order valence-electron chi connectivity index (χ4n) is 1.88. The SMILES string of the molecule is CC(C)C1OC(=O)[C@H](C)C(O)[C@@H]1C. The van der Waals surface area contributed by atoms with E-state index in [1.54, 1.807) is 6.92 Å². The van der Waals surface area contributed by atoms with Crippen LogP contribution in [0.15, 0.2) is 0 Å². The molecule has 3 nitrogen and oxygen atoms in total. The number of carbonyl (C=O) groups is 1. The second-order valence-corrected chi connectivity index (χ2v) is 4.28. The van der Waals surface area contributed by atoms with Crippen LogP contribution in [0.3, 0.4) is 0 Å². The molecule has 1 aliphatic heterocycles. The Hall–Kier alpha value is -0.570. The highest BCUT2D eigenvalue weighted by atomic mass is 16.5. The quantitative estimate of drug-likeness (QED) is 0.626. The van der Waals surface area contributed by atoms with Crippen molar-refractivity contribution in [2.75, 3.05) is 0 Å². The lowest BCUT2D eigenvalue weighted by molar-refractivity contribution is -0.181. The summed E-state index contributed by atoms with van der Waals surface area (Å²) >= 11 is 0. The molecule has 13 heavy (non-hydrogen) atoms. The van der Waals surface area contributed by atoms with E-state index in [1.165, 1.54) is 0 Å². The Labute approximate surface area is 79.1 Å². The molecule has 0 radical (unpaired) electrons. The van der Waals surface area contributed by atoms with Crippen molar-refractivity contribution >= 4 is 5.97 Å². The van der Waals surface area contributed by atoms with Crippen molar-refractivity contribution in [3.8, 4) is 0 Å². The molecule has 1 rings (SSSR count). The fourth-order valence-corrected chi connectivity index (χ4v) is 1.88. The zero-order valence-corrected chi connectivity index (χ0v) is 8.65. The molecule has 0 bridgehead atoms. The third-order valence-electron chi connectivity index (χ3n) is 2.85. The smallest absolute Gasteiger partial charge is 0.311 e. The summed E-state index contributed by atoms with van der Waals surface area (Å²) in [5, 5.41) is 9.74. The molecular formula is C10H18O3. The van der Waals surface area contributed by atoms with E-state index in [9.17, 15) is 9.90 Å². The van der Waals surface area contributed by atoms with Crippen molar-refractivity contribution in [2.45, 2.75) is 39.9 Å². The lowest BCUT2D eigenvalue weighted by Gasteiger charge is -2.38. The van der Waals surface area contributed by atoms with E-state index in [4.69, 9.17) is 4.74 Å². The summed E-state index contributed by atoms with van der Waals surface area (Å²) in [6.45, 7) is 7.63. The predicted octanol–water partition coefficient (Wildman–Crippen LogP) is 1.20. The van der Waals surface area contributed by atoms with Gasteiger partial charge in [-0.25, -0.2) is 0 Å². The van der Waals surface area contributed by atoms with Crippen LogP contribution in [-0.2, 0) is 9.53 Å². The van der Waals surface area contributed by atoms with Gasteiger partial charge in [0.25, 0.3) is 0 Å². The van der Waals surface area contributed by atoms with Crippen LogP contribution in [0.5, 0.6) is 0 Å². The molecular weight excluding hydrogens is 168 g/mol. The van der Waals surface area contributed by atoms with E-state index < -0.39 is 6.10 Å². The predicted molar refractivity (Wildman–Crippen MR) is 49.1 cm³/mol. The van der Waals surface area contributed by atoms with Gasteiger partial charge in [0.15, 0.2) is 0 Å². The molecule has 1 heterocycles. The van der Waals surface area contributed by atoms with Crippen LogP contribution in [0.1, 0.15) is 27.7 Å². The van der Waals surface area contributed by atoms with Gasteiger partial charge < -0.3 is 9.84 Å². The number of aliphatic hydroxyl groups is 1. The molecule has 0 saturated carbocycles. The van der Waals surface area contributed by atoms with Crippen molar-refractivity contribution in [1.29, 1.82) is 0 Å². The Kier molecular flexibility index (Phi) is 2.96. The molecule has 4 atom stereocenters. The van der Waals surface area contributed by atoms with Crippen LogP contribution in [-0.4, -0.2) is 23.3 Å². The van der Waals surface area contributed by atoms with E-state index in [0.29, 0.717) is 0 Å². The highest BCUT2D eigenvalue weighted by molar-refractivity contribution is 5.73. The van der Waals surface area contributed by atoms with Crippen LogP contribution in [0.4, 0.5) is 0 Å². The first-order valence-corrected chi connectivity index (χ1v) is 4.83. The van der Waals surface area contributed by atoms with Gasteiger partial charge in [-0.3, -0.25) is 4.79 Å². The number of hydrogen-bond acceptors (Lipinski definition) is 3. The van der Waals surface area contributed by atoms with E-state index >= 15 is 0 Å². The topological polar surface area (TPSA) is 46.5 Å². The van der Waals surface area contributed by atoms with Crippen molar-refractivity contribution in [2.24, 2.45) is 17.8 Å². The number of hydrogen-bond donors (Lipinski definition) is 1. The average molecular weight is 186 g/mol. The van der Waals surface area contributed by atoms with Crippen LogP contribution >= 0.6 is 0 Å². The summed E-state index contributed by atoms with van der Waals surface area (Å²) in [7, 11) is 0. The van der Waals surface area contributed by atoms with E-state index in [2.05, 4.69) is 0 Å². The highest BCUT2D eigenvalue weighted by Crippen LogP contribution is 2.30. The molecule has 0 aromatic heterocycles. The van der Waals surface area contributed by atoms with E-state index in [0.717, 1.165) is 0 Å². The first kappa shape index (κ1) is 10.5. The monoisotopic (exact) mass is 186 g/mol. The minimum atomic E-state index is -0.561. The number of rotatable bonds is 1. The summed E-state index contributed by atoms with van der Waals surface area (Å²) in [5.41, 5.74) is 0. The summed E-state index contributed by atoms with van der Waals surface area (Å²) in [4.78, 5) is 11.3. The van der Waals surface area contributed by atoms with Crippen LogP contribution in [0, 0.1) is 17.8 Å². The fraction of sp³-hybridized carbons (Fsp3) is 0.900. The van der Waals surface area contributed by atoms with Gasteiger partial charge in [-0.05, 0) is 12.8 Å².